The molecule has 3 rings (SSSR count). The van der Waals surface area contributed by atoms with E-state index in [2.05, 4.69) is 10.6 Å². The predicted octanol–water partition coefficient (Wildman–Crippen LogP) is 1.73. The third kappa shape index (κ3) is 3.19. The van der Waals surface area contributed by atoms with Crippen molar-refractivity contribution in [3.8, 4) is 0 Å². The zero-order valence-electron chi connectivity index (χ0n) is 11.1. The van der Waals surface area contributed by atoms with Crippen LogP contribution in [-0.2, 0) is 4.79 Å². The Kier molecular flexibility index (Phi) is 3.37. The maximum Gasteiger partial charge on any atom is 0.315 e. The summed E-state index contributed by atoms with van der Waals surface area (Å²) in [6.07, 6.45) is 6.72. The number of carbonyl (C=O) groups excluding carboxylic acids is 1. The van der Waals surface area contributed by atoms with E-state index in [4.69, 9.17) is 5.11 Å². The largest absolute Gasteiger partial charge is 0.481 e. The number of carbonyl (C=O) groups is 2. The number of rotatable bonds is 4. The Morgan fingerprint density at radius 1 is 0.947 bits per heavy atom. The molecule has 3 N–H and O–H groups in total. The van der Waals surface area contributed by atoms with E-state index >= 15 is 0 Å². The van der Waals surface area contributed by atoms with Gasteiger partial charge in [0.15, 0.2) is 0 Å². The van der Waals surface area contributed by atoms with Gasteiger partial charge in [-0.1, -0.05) is 0 Å². The van der Waals surface area contributed by atoms with Crippen molar-refractivity contribution in [2.75, 3.05) is 0 Å². The summed E-state index contributed by atoms with van der Waals surface area (Å²) in [5, 5.41) is 14.9. The molecule has 3 saturated carbocycles. The van der Waals surface area contributed by atoms with Crippen LogP contribution in [0.4, 0.5) is 4.79 Å². The smallest absolute Gasteiger partial charge is 0.315 e. The first kappa shape index (κ1) is 12.8. The number of hydrogen-bond donors (Lipinski definition) is 3. The first-order chi connectivity index (χ1) is 9.13. The summed E-state index contributed by atoms with van der Waals surface area (Å²) >= 11 is 0. The fourth-order valence-corrected chi connectivity index (χ4v) is 3.31. The molecule has 2 amide bonds. The fourth-order valence-electron chi connectivity index (χ4n) is 3.31. The number of aliphatic carboxylic acids is 1. The molecule has 0 heterocycles. The lowest BCUT2D eigenvalue weighted by Gasteiger charge is -2.26. The van der Waals surface area contributed by atoms with E-state index in [1.54, 1.807) is 0 Å². The second kappa shape index (κ2) is 5.02. The van der Waals surface area contributed by atoms with Crippen LogP contribution in [0.15, 0.2) is 0 Å². The van der Waals surface area contributed by atoms with Crippen molar-refractivity contribution in [2.45, 2.75) is 57.0 Å². The Hall–Kier alpha value is -1.26. The minimum atomic E-state index is -0.701. The van der Waals surface area contributed by atoms with Gasteiger partial charge in [-0.2, -0.15) is 0 Å². The Morgan fingerprint density at radius 2 is 1.63 bits per heavy atom. The molecule has 0 saturated heterocycles. The summed E-state index contributed by atoms with van der Waals surface area (Å²) < 4.78 is 0. The summed E-state index contributed by atoms with van der Waals surface area (Å²) in [5.41, 5.74) is 0. The van der Waals surface area contributed by atoms with Gasteiger partial charge in [0.2, 0.25) is 0 Å². The number of urea groups is 1. The number of hydrogen-bond acceptors (Lipinski definition) is 2. The van der Waals surface area contributed by atoms with Crippen LogP contribution < -0.4 is 10.6 Å². The van der Waals surface area contributed by atoms with E-state index in [0.29, 0.717) is 18.9 Å². The summed E-state index contributed by atoms with van der Waals surface area (Å²) in [6, 6.07) is 0.475. The van der Waals surface area contributed by atoms with Crippen molar-refractivity contribution in [1.82, 2.24) is 10.6 Å². The summed E-state index contributed by atoms with van der Waals surface area (Å²) in [5.74, 6) is 0.682. The van der Waals surface area contributed by atoms with Crippen molar-refractivity contribution >= 4 is 12.0 Å². The Balaban J connectivity index is 1.35. The minimum Gasteiger partial charge on any atom is -0.481 e. The van der Waals surface area contributed by atoms with E-state index < -0.39 is 5.97 Å². The van der Waals surface area contributed by atoms with E-state index in [0.717, 1.165) is 31.1 Å². The molecular formula is C14H22N2O3. The second-order valence-electron chi connectivity index (χ2n) is 6.35. The zero-order valence-corrected chi connectivity index (χ0v) is 11.1. The Bertz CT molecular complexity index is 373. The van der Waals surface area contributed by atoms with Gasteiger partial charge in [0.25, 0.3) is 0 Å². The molecule has 0 aliphatic heterocycles. The molecule has 3 fully saturated rings. The topological polar surface area (TPSA) is 78.4 Å². The van der Waals surface area contributed by atoms with Crippen molar-refractivity contribution in [3.05, 3.63) is 0 Å². The van der Waals surface area contributed by atoms with E-state index in [1.807, 2.05) is 0 Å². The predicted molar refractivity (Wildman–Crippen MR) is 69.7 cm³/mol. The number of nitrogens with one attached hydrogen (secondary N) is 2. The van der Waals surface area contributed by atoms with Crippen molar-refractivity contribution < 1.29 is 14.7 Å². The van der Waals surface area contributed by atoms with Gasteiger partial charge >= 0.3 is 12.0 Å². The van der Waals surface area contributed by atoms with Gasteiger partial charge in [-0.3, -0.25) is 4.79 Å². The molecule has 19 heavy (non-hydrogen) atoms. The summed E-state index contributed by atoms with van der Waals surface area (Å²) in [4.78, 5) is 22.7. The van der Waals surface area contributed by atoms with Gasteiger partial charge < -0.3 is 15.7 Å². The standard InChI is InChI=1S/C14H22N2O3/c17-13(18)9-3-5-10(6-4-9)15-14(19)16-12-7-11(12)8-1-2-8/h8-12H,1-7H2,(H,17,18)(H2,15,16,19)/t9?,10?,11-,12+/m0/s1. The van der Waals surface area contributed by atoms with Crippen LogP contribution in [0.1, 0.15) is 44.9 Å². The van der Waals surface area contributed by atoms with E-state index in [1.165, 1.54) is 12.8 Å². The first-order valence-electron chi connectivity index (χ1n) is 7.43. The lowest BCUT2D eigenvalue weighted by atomic mass is 9.86. The molecule has 5 heteroatoms. The van der Waals surface area contributed by atoms with Gasteiger partial charge in [0.1, 0.15) is 0 Å². The highest BCUT2D eigenvalue weighted by molar-refractivity contribution is 5.75. The van der Waals surface area contributed by atoms with Crippen LogP contribution in [0.2, 0.25) is 0 Å². The fraction of sp³-hybridized carbons (Fsp3) is 0.857. The summed E-state index contributed by atoms with van der Waals surface area (Å²) in [7, 11) is 0. The number of carboxylic acids is 1. The molecule has 3 aliphatic carbocycles. The molecule has 106 valence electrons. The normalized spacial score (nSPS) is 37.5. The lowest BCUT2D eigenvalue weighted by molar-refractivity contribution is -0.142. The highest BCUT2D eigenvalue weighted by Crippen LogP contribution is 2.49. The van der Waals surface area contributed by atoms with Crippen molar-refractivity contribution in [1.29, 1.82) is 0 Å². The van der Waals surface area contributed by atoms with Crippen LogP contribution in [0.5, 0.6) is 0 Å². The van der Waals surface area contributed by atoms with Gasteiger partial charge in [-0.15, -0.1) is 0 Å². The third-order valence-corrected chi connectivity index (χ3v) is 4.80. The minimum absolute atomic E-state index is 0.0630. The average molecular weight is 266 g/mol. The number of carboxylic acid groups (broad SMARTS) is 1. The van der Waals surface area contributed by atoms with Crippen molar-refractivity contribution in [2.24, 2.45) is 17.8 Å². The average Bonchev–Trinajstić information content (AvgIpc) is 3.22. The Labute approximate surface area is 113 Å². The SMILES string of the molecule is O=C(NC1CCC(C(=O)O)CC1)N[C@@H]1C[C@H]1C1CC1. The first-order valence-corrected chi connectivity index (χ1v) is 7.43. The Morgan fingerprint density at radius 3 is 2.21 bits per heavy atom. The third-order valence-electron chi connectivity index (χ3n) is 4.80. The highest BCUT2D eigenvalue weighted by atomic mass is 16.4. The quantitative estimate of drug-likeness (QED) is 0.725. The van der Waals surface area contributed by atoms with Crippen LogP contribution in [0, 0.1) is 17.8 Å². The number of amides is 2. The molecule has 0 aromatic heterocycles. The molecule has 0 aromatic carbocycles. The molecule has 5 nitrogen and oxygen atoms in total. The van der Waals surface area contributed by atoms with Gasteiger partial charge in [-0.05, 0) is 56.8 Å². The molecule has 2 atom stereocenters. The van der Waals surface area contributed by atoms with E-state index in [-0.39, 0.29) is 18.0 Å². The van der Waals surface area contributed by atoms with Crippen LogP contribution in [0.25, 0.3) is 0 Å². The molecule has 3 aliphatic rings. The van der Waals surface area contributed by atoms with Gasteiger partial charge in [0, 0.05) is 12.1 Å². The van der Waals surface area contributed by atoms with Gasteiger partial charge in [-0.25, -0.2) is 4.79 Å². The monoisotopic (exact) mass is 266 g/mol. The molecule has 0 unspecified atom stereocenters. The van der Waals surface area contributed by atoms with Crippen LogP contribution in [0.3, 0.4) is 0 Å². The lowest BCUT2D eigenvalue weighted by Crippen LogP contribution is -2.45. The molecule has 0 aromatic rings. The molecule has 0 radical (unpaired) electrons. The van der Waals surface area contributed by atoms with Gasteiger partial charge in [0.05, 0.1) is 5.92 Å². The maximum atomic E-state index is 11.8. The molecule has 0 spiro atoms. The maximum absolute atomic E-state index is 11.8. The zero-order chi connectivity index (χ0) is 13.4. The summed E-state index contributed by atoms with van der Waals surface area (Å²) in [6.45, 7) is 0. The second-order valence-corrected chi connectivity index (χ2v) is 6.35. The highest BCUT2D eigenvalue weighted by Gasteiger charge is 2.48. The van der Waals surface area contributed by atoms with E-state index in [9.17, 15) is 9.59 Å². The molecule has 0 bridgehead atoms. The van der Waals surface area contributed by atoms with Crippen LogP contribution >= 0.6 is 0 Å². The molecular weight excluding hydrogens is 244 g/mol. The van der Waals surface area contributed by atoms with Crippen LogP contribution in [-0.4, -0.2) is 29.2 Å². The van der Waals surface area contributed by atoms with Crippen molar-refractivity contribution in [3.63, 3.8) is 0 Å².